The Morgan fingerprint density at radius 1 is 1.10 bits per heavy atom. The van der Waals surface area contributed by atoms with Gasteiger partial charge in [-0.1, -0.05) is 48.0 Å². The third-order valence-electron chi connectivity index (χ3n) is 9.04. The molecule has 1 spiro atoms. The standard InChI is InChI=1S/C34H27BrClF3N8O4/c1-19-28(51-17-20-5-3-2-4-6-20)27(41-18-40-19)30(50)45-13-11-33(12-14-45)10-9-24-26(33)29(49)47-32(43-31(35)44-47)46(24)16-25(48)42-23-8-7-21(15-22(23)36)34(37,38)39/h2-10,15,18H,11-14,16-17H2,1H3,(H,42,48). The van der Waals surface area contributed by atoms with Crippen LogP contribution < -0.4 is 15.6 Å². The number of piperidine rings is 1. The van der Waals surface area contributed by atoms with E-state index in [4.69, 9.17) is 16.3 Å². The molecule has 1 N–H and O–H groups in total. The van der Waals surface area contributed by atoms with Gasteiger partial charge in [-0.3, -0.25) is 14.4 Å². The van der Waals surface area contributed by atoms with Crippen LogP contribution in [0.3, 0.4) is 0 Å². The lowest BCUT2D eigenvalue weighted by atomic mass is 9.75. The van der Waals surface area contributed by atoms with E-state index in [1.807, 2.05) is 36.4 Å². The van der Waals surface area contributed by atoms with Gasteiger partial charge in [0.25, 0.3) is 11.5 Å². The van der Waals surface area contributed by atoms with Crippen molar-refractivity contribution in [1.29, 1.82) is 0 Å². The van der Waals surface area contributed by atoms with E-state index >= 15 is 0 Å². The zero-order valence-corrected chi connectivity index (χ0v) is 29.1. The highest BCUT2D eigenvalue weighted by molar-refractivity contribution is 9.10. The number of aromatic nitrogens is 6. The highest BCUT2D eigenvalue weighted by Crippen LogP contribution is 2.43. The number of aryl methyl sites for hydroxylation is 1. The number of carbonyl (C=O) groups is 2. The maximum absolute atomic E-state index is 14.0. The maximum atomic E-state index is 14.0. The first-order valence-corrected chi connectivity index (χ1v) is 16.8. The number of hydrogen-bond donors (Lipinski definition) is 1. The highest BCUT2D eigenvalue weighted by Gasteiger charge is 2.44. The number of likely N-dealkylation sites (tertiary alicyclic amines) is 1. The lowest BCUT2D eigenvalue weighted by molar-refractivity contribution is -0.137. The first-order valence-electron chi connectivity index (χ1n) is 15.7. The summed E-state index contributed by atoms with van der Waals surface area (Å²) in [5.41, 5.74) is 0.256. The zero-order valence-electron chi connectivity index (χ0n) is 26.7. The second-order valence-electron chi connectivity index (χ2n) is 12.2. The number of ether oxygens (including phenoxy) is 1. The lowest BCUT2D eigenvalue weighted by Gasteiger charge is -2.38. The van der Waals surface area contributed by atoms with Crippen LogP contribution in [0.1, 0.15) is 51.4 Å². The van der Waals surface area contributed by atoms with Crippen molar-refractivity contribution in [3.8, 4) is 5.75 Å². The molecule has 0 saturated carbocycles. The van der Waals surface area contributed by atoms with Gasteiger partial charge in [0.15, 0.2) is 11.4 Å². The van der Waals surface area contributed by atoms with E-state index in [1.54, 1.807) is 17.9 Å². The minimum absolute atomic E-state index is 0.0115. The van der Waals surface area contributed by atoms with Gasteiger partial charge in [0.2, 0.25) is 16.4 Å². The number of anilines is 1. The molecule has 2 aliphatic rings. The van der Waals surface area contributed by atoms with E-state index in [1.165, 1.54) is 10.9 Å². The molecular weight excluding hydrogens is 757 g/mol. The summed E-state index contributed by atoms with van der Waals surface area (Å²) in [6, 6.07) is 12.2. The van der Waals surface area contributed by atoms with Crippen LogP contribution in [0.25, 0.3) is 11.9 Å². The number of nitrogens with zero attached hydrogens (tertiary/aromatic N) is 7. The first-order chi connectivity index (χ1) is 24.3. The van der Waals surface area contributed by atoms with Gasteiger partial charge in [0, 0.05) is 18.5 Å². The van der Waals surface area contributed by atoms with Crippen LogP contribution in [0.5, 0.6) is 5.75 Å². The Kier molecular flexibility index (Phi) is 8.91. The number of benzene rings is 2. The number of allylic oxidation sites excluding steroid dienone is 1. The summed E-state index contributed by atoms with van der Waals surface area (Å²) in [7, 11) is 0. The Labute approximate surface area is 301 Å². The Balaban J connectivity index is 1.13. The SMILES string of the molecule is Cc1ncnc(C(=O)N2CCC3(C=Cc4c3c(=O)n3nc(Br)nc3n4CC(=O)Nc3ccc(C(F)(F)F)cc3Cl)CC2)c1OCc1ccccc1. The van der Waals surface area contributed by atoms with Gasteiger partial charge in [0.1, 0.15) is 19.5 Å². The molecule has 0 unspecified atom stereocenters. The van der Waals surface area contributed by atoms with Gasteiger partial charge in [-0.2, -0.15) is 22.7 Å². The molecule has 2 aromatic carbocycles. The molecule has 0 atom stereocenters. The Morgan fingerprint density at radius 3 is 2.55 bits per heavy atom. The van der Waals surface area contributed by atoms with Gasteiger partial charge in [-0.05, 0) is 65.5 Å². The van der Waals surface area contributed by atoms with Crippen molar-refractivity contribution >= 4 is 56.9 Å². The van der Waals surface area contributed by atoms with E-state index in [2.05, 4.69) is 41.3 Å². The zero-order chi connectivity index (χ0) is 36.1. The van der Waals surface area contributed by atoms with Crippen molar-refractivity contribution in [2.75, 3.05) is 18.4 Å². The van der Waals surface area contributed by atoms with Crippen molar-refractivity contribution in [2.24, 2.45) is 0 Å². The van der Waals surface area contributed by atoms with E-state index in [0.717, 1.165) is 28.3 Å². The summed E-state index contributed by atoms with van der Waals surface area (Å²) in [4.78, 5) is 55.6. The maximum Gasteiger partial charge on any atom is 0.416 e. The molecule has 17 heteroatoms. The lowest BCUT2D eigenvalue weighted by Crippen LogP contribution is -2.46. The minimum atomic E-state index is -4.60. The third-order valence-corrected chi connectivity index (χ3v) is 9.69. The molecule has 1 saturated heterocycles. The van der Waals surface area contributed by atoms with Gasteiger partial charge in [-0.25, -0.2) is 9.97 Å². The molecule has 1 aliphatic carbocycles. The molecular formula is C34H27BrClF3N8O4. The quantitative estimate of drug-likeness (QED) is 0.218. The molecule has 12 nitrogen and oxygen atoms in total. The fourth-order valence-corrected chi connectivity index (χ4v) is 7.03. The first kappa shape index (κ1) is 34.4. The molecule has 0 bridgehead atoms. The van der Waals surface area contributed by atoms with E-state index < -0.39 is 28.6 Å². The van der Waals surface area contributed by atoms with Crippen LogP contribution >= 0.6 is 27.5 Å². The van der Waals surface area contributed by atoms with Crippen molar-refractivity contribution in [2.45, 2.75) is 44.5 Å². The van der Waals surface area contributed by atoms with Gasteiger partial charge in [0.05, 0.1) is 33.2 Å². The second kappa shape index (κ2) is 13.2. The molecule has 4 heterocycles. The minimum Gasteiger partial charge on any atom is -0.485 e. The highest BCUT2D eigenvalue weighted by atomic mass is 79.9. The molecule has 0 radical (unpaired) electrons. The van der Waals surface area contributed by atoms with E-state index in [-0.39, 0.29) is 59.1 Å². The third kappa shape index (κ3) is 6.49. The number of carbonyl (C=O) groups excluding carboxylic acids is 2. The number of alkyl halides is 3. The fourth-order valence-electron chi connectivity index (χ4n) is 6.49. The average Bonchev–Trinajstić information content (AvgIpc) is 3.68. The molecule has 5 aromatic rings. The van der Waals surface area contributed by atoms with Crippen molar-refractivity contribution in [1.82, 2.24) is 34.0 Å². The molecule has 3 aromatic heterocycles. The summed E-state index contributed by atoms with van der Waals surface area (Å²) in [5.74, 6) is -0.567. The average molecular weight is 784 g/mol. The number of hydrogen-bond acceptors (Lipinski definition) is 8. The molecule has 262 valence electrons. The number of nitrogens with one attached hydrogen (secondary N) is 1. The van der Waals surface area contributed by atoms with Gasteiger partial charge in [-0.15, -0.1) is 5.10 Å². The summed E-state index contributed by atoms with van der Waals surface area (Å²) in [5, 5.41) is 6.48. The van der Waals surface area contributed by atoms with Crippen LogP contribution in [-0.4, -0.2) is 58.9 Å². The van der Waals surface area contributed by atoms with Crippen LogP contribution in [0, 0.1) is 6.92 Å². The van der Waals surface area contributed by atoms with Crippen LogP contribution in [0.15, 0.2) is 70.5 Å². The molecule has 1 aliphatic heterocycles. The van der Waals surface area contributed by atoms with Crippen molar-refractivity contribution < 1.29 is 27.5 Å². The van der Waals surface area contributed by atoms with Gasteiger partial charge >= 0.3 is 6.18 Å². The van der Waals surface area contributed by atoms with Crippen LogP contribution in [0.4, 0.5) is 18.9 Å². The summed E-state index contributed by atoms with van der Waals surface area (Å²) < 4.78 is 48.2. The number of rotatable bonds is 7. The van der Waals surface area contributed by atoms with Crippen molar-refractivity contribution in [3.63, 3.8) is 0 Å². The Hall–Kier alpha value is -5.09. The second-order valence-corrected chi connectivity index (χ2v) is 13.3. The topological polar surface area (TPSA) is 137 Å². The van der Waals surface area contributed by atoms with Crippen LogP contribution in [-0.2, 0) is 29.5 Å². The van der Waals surface area contributed by atoms with E-state index in [0.29, 0.717) is 35.5 Å². The normalized spacial score (nSPS) is 15.0. The predicted molar refractivity (Wildman–Crippen MR) is 183 cm³/mol. The molecule has 1 fully saturated rings. The Morgan fingerprint density at radius 2 is 1.84 bits per heavy atom. The summed E-state index contributed by atoms with van der Waals surface area (Å²) >= 11 is 9.29. The number of halogens is 5. The fraction of sp³-hybridized carbons (Fsp3) is 0.265. The van der Waals surface area contributed by atoms with Gasteiger partial charge < -0.3 is 19.5 Å². The smallest absolute Gasteiger partial charge is 0.416 e. The largest absolute Gasteiger partial charge is 0.485 e. The Bertz CT molecular complexity index is 2290. The predicted octanol–water partition coefficient (Wildman–Crippen LogP) is 5.84. The monoisotopic (exact) mass is 782 g/mol. The summed E-state index contributed by atoms with van der Waals surface area (Å²) in [6.45, 7) is 2.19. The number of amides is 2. The molecule has 51 heavy (non-hydrogen) atoms. The number of fused-ring (bicyclic) bond motifs is 3. The summed E-state index contributed by atoms with van der Waals surface area (Å²) in [6.07, 6.45) is 1.14. The van der Waals surface area contributed by atoms with Crippen molar-refractivity contribution in [3.05, 3.63) is 115 Å². The molecule has 2 amide bonds. The molecule has 7 rings (SSSR count). The van der Waals surface area contributed by atoms with Crippen LogP contribution in [0.2, 0.25) is 5.02 Å². The van der Waals surface area contributed by atoms with E-state index in [9.17, 15) is 27.6 Å².